The molecule has 0 aliphatic rings. The minimum Gasteiger partial charge on any atom is -0.411 e. The first-order valence-corrected chi connectivity index (χ1v) is 9.15. The van der Waals surface area contributed by atoms with Gasteiger partial charge in [0.15, 0.2) is 5.17 Å². The Balaban J connectivity index is 0.000000271. The van der Waals surface area contributed by atoms with E-state index in [4.69, 9.17) is 68.4 Å². The smallest absolute Gasteiger partial charge is 0.178 e. The lowest BCUT2D eigenvalue weighted by Crippen LogP contribution is -2.01. The number of hydrogen-bond donors (Lipinski definition) is 2. The molecule has 0 aliphatic heterocycles. The lowest BCUT2D eigenvalue weighted by atomic mass is 10.1. The van der Waals surface area contributed by atoms with Crippen LogP contribution in [0.5, 0.6) is 0 Å². The summed E-state index contributed by atoms with van der Waals surface area (Å²) in [5.41, 5.74) is 3.58. The van der Waals surface area contributed by atoms with Crippen molar-refractivity contribution >= 4 is 69.4 Å². The molecule has 0 spiro atoms. The Labute approximate surface area is 181 Å². The number of rotatable bonds is 2. The van der Waals surface area contributed by atoms with Crippen LogP contribution in [0.25, 0.3) is 0 Å². The maximum atomic E-state index is 8.52. The standard InChI is InChI=1S/C8H7Cl3N2O.C8H8Cl2N2O/c1-3-5(8(11)13-14)7(10)12-4(2)6(3)9;1-4-6(3-11-13)8(10)12-5(2)7(4)9/h14H,1-2H3;3,13H,1-2H3/b13-8+;11-3-. The monoisotopic (exact) mass is 470 g/mol. The van der Waals surface area contributed by atoms with Crippen molar-refractivity contribution in [3.63, 3.8) is 0 Å². The highest BCUT2D eigenvalue weighted by atomic mass is 35.5. The lowest BCUT2D eigenvalue weighted by molar-refractivity contribution is 0.320. The zero-order valence-electron chi connectivity index (χ0n) is 14.7. The van der Waals surface area contributed by atoms with Crippen LogP contribution in [0.2, 0.25) is 20.4 Å². The zero-order chi connectivity index (χ0) is 20.9. The van der Waals surface area contributed by atoms with Crippen molar-refractivity contribution in [1.29, 1.82) is 0 Å². The van der Waals surface area contributed by atoms with E-state index < -0.39 is 0 Å². The molecular formula is C16H15Cl5N4O2. The Morgan fingerprint density at radius 2 is 1.33 bits per heavy atom. The van der Waals surface area contributed by atoms with E-state index in [0.29, 0.717) is 38.1 Å². The lowest BCUT2D eigenvalue weighted by Gasteiger charge is -2.08. The topological polar surface area (TPSA) is 91.0 Å². The average Bonchev–Trinajstić information content (AvgIpc) is 2.62. The second-order valence-corrected chi connectivity index (χ2v) is 7.11. The molecule has 0 saturated heterocycles. The van der Waals surface area contributed by atoms with Crippen molar-refractivity contribution in [2.45, 2.75) is 27.7 Å². The largest absolute Gasteiger partial charge is 0.411 e. The van der Waals surface area contributed by atoms with Gasteiger partial charge in [0.05, 0.1) is 33.2 Å². The molecule has 27 heavy (non-hydrogen) atoms. The Morgan fingerprint density at radius 1 is 0.852 bits per heavy atom. The number of pyridine rings is 2. The van der Waals surface area contributed by atoms with E-state index >= 15 is 0 Å². The Morgan fingerprint density at radius 3 is 1.81 bits per heavy atom. The fourth-order valence-electron chi connectivity index (χ4n) is 2.09. The molecule has 0 saturated carbocycles. The van der Waals surface area contributed by atoms with E-state index in [1.165, 1.54) is 6.21 Å². The first kappa shape index (κ1) is 23.7. The third-order valence-corrected chi connectivity index (χ3v) is 5.45. The van der Waals surface area contributed by atoms with Gasteiger partial charge in [0, 0.05) is 5.56 Å². The molecule has 0 amide bonds. The molecule has 2 aromatic rings. The minimum absolute atomic E-state index is 0.123. The molecule has 0 radical (unpaired) electrons. The summed E-state index contributed by atoms with van der Waals surface area (Å²) in [6, 6.07) is 0. The van der Waals surface area contributed by atoms with E-state index in [-0.39, 0.29) is 15.5 Å². The van der Waals surface area contributed by atoms with Gasteiger partial charge in [-0.25, -0.2) is 9.97 Å². The Hall–Kier alpha value is -1.31. The van der Waals surface area contributed by atoms with Gasteiger partial charge in [-0.05, 0) is 38.8 Å². The minimum atomic E-state index is -0.123. The third-order valence-electron chi connectivity index (χ3n) is 3.51. The maximum absolute atomic E-state index is 8.52. The fourth-order valence-corrected chi connectivity index (χ4v) is 3.32. The second-order valence-electron chi connectivity index (χ2n) is 5.28. The van der Waals surface area contributed by atoms with Crippen LogP contribution < -0.4 is 0 Å². The molecule has 11 heteroatoms. The average molecular weight is 473 g/mol. The van der Waals surface area contributed by atoms with E-state index in [1.807, 2.05) is 0 Å². The van der Waals surface area contributed by atoms with Crippen LogP contribution >= 0.6 is 58.0 Å². The van der Waals surface area contributed by atoms with Crippen LogP contribution in [0.4, 0.5) is 0 Å². The molecule has 2 rings (SSSR count). The van der Waals surface area contributed by atoms with Crippen LogP contribution in [0.1, 0.15) is 33.6 Å². The summed E-state index contributed by atoms with van der Waals surface area (Å²) in [5.74, 6) is 0. The van der Waals surface area contributed by atoms with E-state index in [9.17, 15) is 0 Å². The quantitative estimate of drug-likeness (QED) is 0.236. The molecule has 2 N–H and O–H groups in total. The first-order valence-electron chi connectivity index (χ1n) is 7.26. The van der Waals surface area contributed by atoms with E-state index in [0.717, 1.165) is 5.56 Å². The molecule has 0 fully saturated rings. The normalized spacial score (nSPS) is 11.5. The number of halogens is 5. The van der Waals surface area contributed by atoms with Crippen molar-refractivity contribution in [3.05, 3.63) is 54.0 Å². The van der Waals surface area contributed by atoms with Crippen molar-refractivity contribution in [1.82, 2.24) is 9.97 Å². The van der Waals surface area contributed by atoms with Crippen molar-refractivity contribution in [3.8, 4) is 0 Å². The Kier molecular flexibility index (Phi) is 9.05. The van der Waals surface area contributed by atoms with Crippen molar-refractivity contribution in [2.75, 3.05) is 0 Å². The molecule has 2 heterocycles. The van der Waals surface area contributed by atoms with E-state index in [1.54, 1.807) is 27.7 Å². The highest BCUT2D eigenvalue weighted by molar-refractivity contribution is 6.70. The van der Waals surface area contributed by atoms with Crippen LogP contribution in [0.15, 0.2) is 10.3 Å². The van der Waals surface area contributed by atoms with E-state index in [2.05, 4.69) is 20.3 Å². The number of oxime groups is 2. The molecule has 0 bridgehead atoms. The summed E-state index contributed by atoms with van der Waals surface area (Å²) < 4.78 is 0. The summed E-state index contributed by atoms with van der Waals surface area (Å²) in [4.78, 5) is 7.94. The maximum Gasteiger partial charge on any atom is 0.178 e. The summed E-state index contributed by atoms with van der Waals surface area (Å²) in [7, 11) is 0. The first-order chi connectivity index (χ1) is 12.6. The molecule has 146 valence electrons. The van der Waals surface area contributed by atoms with Gasteiger partial charge < -0.3 is 10.4 Å². The number of aromatic nitrogens is 2. The SMILES string of the molecule is Cc1nc(Cl)c(/C(Cl)=N\O)c(C)c1Cl.Cc1nc(Cl)c(/C=N\O)c(C)c1Cl. The Bertz CT molecular complexity index is 917. The molecule has 0 aliphatic carbocycles. The van der Waals surface area contributed by atoms with Gasteiger partial charge in [0.25, 0.3) is 0 Å². The molecule has 0 unspecified atom stereocenters. The number of hydrogen-bond acceptors (Lipinski definition) is 6. The summed E-state index contributed by atoms with van der Waals surface area (Å²) in [6.45, 7) is 7.02. The predicted octanol–water partition coefficient (Wildman–Crippen LogP) is 6.19. The predicted molar refractivity (Wildman–Crippen MR) is 111 cm³/mol. The van der Waals surface area contributed by atoms with Crippen LogP contribution in [0, 0.1) is 27.7 Å². The number of nitrogens with zero attached hydrogens (tertiary/aromatic N) is 4. The van der Waals surface area contributed by atoms with Crippen LogP contribution in [-0.2, 0) is 0 Å². The summed E-state index contributed by atoms with van der Waals surface area (Å²) in [6.07, 6.45) is 1.22. The van der Waals surface area contributed by atoms with Crippen molar-refractivity contribution < 1.29 is 10.4 Å². The fraction of sp³-hybridized carbons (Fsp3) is 0.250. The van der Waals surface area contributed by atoms with Gasteiger partial charge >= 0.3 is 0 Å². The summed E-state index contributed by atoms with van der Waals surface area (Å²) in [5, 5.41) is 24.0. The number of aryl methyl sites for hydroxylation is 2. The molecular weight excluding hydrogens is 457 g/mol. The van der Waals surface area contributed by atoms with Gasteiger partial charge in [-0.3, -0.25) is 0 Å². The van der Waals surface area contributed by atoms with Crippen LogP contribution in [-0.4, -0.2) is 31.8 Å². The van der Waals surface area contributed by atoms with Gasteiger partial charge in [-0.15, -0.1) is 0 Å². The molecule has 6 nitrogen and oxygen atoms in total. The second kappa shape index (κ2) is 10.3. The summed E-state index contributed by atoms with van der Waals surface area (Å²) >= 11 is 29.2. The molecule has 0 atom stereocenters. The van der Waals surface area contributed by atoms with Crippen molar-refractivity contribution in [2.24, 2.45) is 10.3 Å². The zero-order valence-corrected chi connectivity index (χ0v) is 18.4. The van der Waals surface area contributed by atoms with Crippen LogP contribution in [0.3, 0.4) is 0 Å². The van der Waals surface area contributed by atoms with Gasteiger partial charge in [0.2, 0.25) is 0 Å². The van der Waals surface area contributed by atoms with Gasteiger partial charge in [-0.2, -0.15) is 0 Å². The third kappa shape index (κ3) is 5.59. The van der Waals surface area contributed by atoms with Gasteiger partial charge in [0.1, 0.15) is 10.3 Å². The molecule has 2 aromatic heterocycles. The highest BCUT2D eigenvalue weighted by Gasteiger charge is 2.16. The van der Waals surface area contributed by atoms with Gasteiger partial charge in [-0.1, -0.05) is 68.3 Å². The highest BCUT2D eigenvalue weighted by Crippen LogP contribution is 2.28. The molecule has 0 aromatic carbocycles.